The van der Waals surface area contributed by atoms with E-state index in [-0.39, 0.29) is 11.1 Å². The van der Waals surface area contributed by atoms with E-state index in [9.17, 15) is 4.79 Å². The Morgan fingerprint density at radius 2 is 2.27 bits per heavy atom. The van der Waals surface area contributed by atoms with Gasteiger partial charge in [-0.3, -0.25) is 4.79 Å². The van der Waals surface area contributed by atoms with Crippen molar-refractivity contribution in [1.82, 2.24) is 4.90 Å². The summed E-state index contributed by atoms with van der Waals surface area (Å²) < 4.78 is 4.88. The van der Waals surface area contributed by atoms with Gasteiger partial charge in [-0.25, -0.2) is 0 Å². The highest BCUT2D eigenvalue weighted by molar-refractivity contribution is 6.32. The maximum absolute atomic E-state index is 11.9. The third kappa shape index (κ3) is 3.14. The van der Waals surface area contributed by atoms with Crippen LogP contribution in [0.25, 0.3) is 0 Å². The Kier molecular flexibility index (Phi) is 4.99. The Labute approximate surface area is 98.9 Å². The lowest BCUT2D eigenvalue weighted by atomic mass is 10.3. The van der Waals surface area contributed by atoms with Crippen LogP contribution in [0.2, 0.25) is 5.22 Å². The van der Waals surface area contributed by atoms with Gasteiger partial charge in [-0.2, -0.15) is 0 Å². The molecule has 1 aromatic rings. The average Bonchev–Trinajstić information content (AvgIpc) is 2.63. The van der Waals surface area contributed by atoms with Gasteiger partial charge in [0.1, 0.15) is 0 Å². The molecule has 3 nitrogen and oxygen atoms in total. The summed E-state index contributed by atoms with van der Waals surface area (Å²) in [5.41, 5.74) is 0.398. The predicted octanol–water partition coefficient (Wildman–Crippen LogP) is 3.02. The maximum atomic E-state index is 11.9. The molecule has 1 heterocycles. The summed E-state index contributed by atoms with van der Waals surface area (Å²) in [4.78, 5) is 13.6. The molecular formula is C10H13Cl2NO2. The summed E-state index contributed by atoms with van der Waals surface area (Å²) in [6, 6.07) is 1.57. The van der Waals surface area contributed by atoms with Gasteiger partial charge in [0, 0.05) is 19.0 Å². The zero-order valence-electron chi connectivity index (χ0n) is 8.50. The van der Waals surface area contributed by atoms with Crippen LogP contribution >= 0.6 is 23.2 Å². The Morgan fingerprint density at radius 1 is 1.53 bits per heavy atom. The van der Waals surface area contributed by atoms with E-state index in [0.717, 1.165) is 6.42 Å². The molecule has 0 aliphatic heterocycles. The van der Waals surface area contributed by atoms with Crippen molar-refractivity contribution in [2.75, 3.05) is 19.0 Å². The van der Waals surface area contributed by atoms with E-state index < -0.39 is 0 Å². The fourth-order valence-corrected chi connectivity index (χ4v) is 1.70. The number of halogens is 2. The Morgan fingerprint density at radius 3 is 2.73 bits per heavy atom. The lowest BCUT2D eigenvalue weighted by Gasteiger charge is -2.20. The summed E-state index contributed by atoms with van der Waals surface area (Å²) >= 11 is 11.4. The molecule has 0 fully saturated rings. The number of carbonyl (C=O) groups excluding carboxylic acids is 1. The van der Waals surface area contributed by atoms with Gasteiger partial charge in [0.25, 0.3) is 5.91 Å². The molecule has 0 N–H and O–H groups in total. The summed E-state index contributed by atoms with van der Waals surface area (Å²) in [6.45, 7) is 3.20. The fraction of sp³-hybridized carbons (Fsp3) is 0.500. The summed E-state index contributed by atoms with van der Waals surface area (Å²) in [5.74, 6) is 0.289. The van der Waals surface area contributed by atoms with Gasteiger partial charge < -0.3 is 9.32 Å². The normalized spacial score (nSPS) is 10.3. The minimum atomic E-state index is -0.128. The highest BCUT2D eigenvalue weighted by Crippen LogP contribution is 2.18. The Bertz CT molecular complexity index is 319. The van der Waals surface area contributed by atoms with E-state index >= 15 is 0 Å². The average molecular weight is 250 g/mol. The van der Waals surface area contributed by atoms with E-state index in [1.807, 2.05) is 6.92 Å². The zero-order chi connectivity index (χ0) is 11.3. The van der Waals surface area contributed by atoms with Crippen LogP contribution in [0, 0.1) is 0 Å². The molecule has 0 aliphatic rings. The zero-order valence-corrected chi connectivity index (χ0v) is 10.0. The lowest BCUT2D eigenvalue weighted by Crippen LogP contribution is -2.33. The Balaban J connectivity index is 2.76. The molecule has 0 spiro atoms. The van der Waals surface area contributed by atoms with Gasteiger partial charge in [0.05, 0.1) is 11.8 Å². The van der Waals surface area contributed by atoms with Crippen molar-refractivity contribution in [2.24, 2.45) is 0 Å². The largest absolute Gasteiger partial charge is 0.452 e. The molecule has 0 bridgehead atoms. The lowest BCUT2D eigenvalue weighted by molar-refractivity contribution is 0.0765. The number of alkyl halides is 1. The second-order valence-corrected chi connectivity index (χ2v) is 3.81. The smallest absolute Gasteiger partial charge is 0.258 e. The minimum absolute atomic E-state index is 0.128. The summed E-state index contributed by atoms with van der Waals surface area (Å²) in [7, 11) is 0. The molecule has 1 rings (SSSR count). The fourth-order valence-electron chi connectivity index (χ4n) is 1.30. The molecule has 0 unspecified atom stereocenters. The third-order valence-electron chi connectivity index (χ3n) is 1.98. The van der Waals surface area contributed by atoms with Crippen LogP contribution in [-0.4, -0.2) is 29.8 Å². The number of hydrogen-bond acceptors (Lipinski definition) is 2. The predicted molar refractivity (Wildman–Crippen MR) is 60.6 cm³/mol. The molecule has 1 aromatic heterocycles. The highest BCUT2D eigenvalue weighted by atomic mass is 35.5. The number of carbonyl (C=O) groups is 1. The number of nitrogens with zero attached hydrogens (tertiary/aromatic N) is 1. The molecular weight excluding hydrogens is 237 g/mol. The number of hydrogen-bond donors (Lipinski definition) is 0. The molecule has 0 saturated heterocycles. The van der Waals surface area contributed by atoms with Gasteiger partial charge in [-0.15, -0.1) is 11.6 Å². The second-order valence-electron chi connectivity index (χ2n) is 3.09. The molecule has 0 saturated carbocycles. The van der Waals surface area contributed by atoms with Crippen LogP contribution in [-0.2, 0) is 0 Å². The first kappa shape index (κ1) is 12.4. The van der Waals surface area contributed by atoms with Crippen LogP contribution < -0.4 is 0 Å². The molecule has 0 aliphatic carbocycles. The number of furan rings is 1. The quantitative estimate of drug-likeness (QED) is 0.752. The van der Waals surface area contributed by atoms with Crippen molar-refractivity contribution < 1.29 is 9.21 Å². The van der Waals surface area contributed by atoms with Gasteiger partial charge >= 0.3 is 0 Å². The number of amides is 1. The van der Waals surface area contributed by atoms with E-state index in [2.05, 4.69) is 0 Å². The van der Waals surface area contributed by atoms with E-state index in [1.165, 1.54) is 6.26 Å². The van der Waals surface area contributed by atoms with Crippen molar-refractivity contribution in [1.29, 1.82) is 0 Å². The van der Waals surface area contributed by atoms with Crippen molar-refractivity contribution in [3.63, 3.8) is 0 Å². The van der Waals surface area contributed by atoms with E-state index in [1.54, 1.807) is 11.0 Å². The van der Waals surface area contributed by atoms with Crippen molar-refractivity contribution in [2.45, 2.75) is 13.3 Å². The van der Waals surface area contributed by atoms with Crippen molar-refractivity contribution in [3.8, 4) is 0 Å². The van der Waals surface area contributed by atoms with Crippen molar-refractivity contribution in [3.05, 3.63) is 23.1 Å². The monoisotopic (exact) mass is 249 g/mol. The first-order valence-electron chi connectivity index (χ1n) is 4.79. The molecule has 0 radical (unpaired) electrons. The molecule has 15 heavy (non-hydrogen) atoms. The van der Waals surface area contributed by atoms with Crippen molar-refractivity contribution >= 4 is 29.1 Å². The Hall–Kier alpha value is -0.670. The van der Waals surface area contributed by atoms with Crippen LogP contribution in [0.1, 0.15) is 23.7 Å². The summed E-state index contributed by atoms with van der Waals surface area (Å²) in [5, 5.41) is 0.135. The van der Waals surface area contributed by atoms with Gasteiger partial charge in [-0.05, 0) is 24.1 Å². The SMILES string of the molecule is CCCN(CCCl)C(=O)c1ccoc1Cl. The molecule has 84 valence electrons. The first-order chi connectivity index (χ1) is 7.20. The minimum Gasteiger partial charge on any atom is -0.452 e. The third-order valence-corrected chi connectivity index (χ3v) is 2.45. The molecule has 0 aromatic carbocycles. The van der Waals surface area contributed by atoms with E-state index in [4.69, 9.17) is 27.6 Å². The van der Waals surface area contributed by atoms with Crippen LogP contribution in [0.15, 0.2) is 16.7 Å². The maximum Gasteiger partial charge on any atom is 0.258 e. The first-order valence-corrected chi connectivity index (χ1v) is 5.70. The van der Waals surface area contributed by atoms with Gasteiger partial charge in [0.15, 0.2) is 0 Å². The molecule has 0 atom stereocenters. The highest BCUT2D eigenvalue weighted by Gasteiger charge is 2.18. The van der Waals surface area contributed by atoms with Gasteiger partial charge in [0.2, 0.25) is 5.22 Å². The van der Waals surface area contributed by atoms with Crippen LogP contribution in [0.4, 0.5) is 0 Å². The molecule has 1 amide bonds. The standard InChI is InChI=1S/C10H13Cl2NO2/c1-2-5-13(6-4-11)10(14)8-3-7-15-9(8)12/h3,7H,2,4-6H2,1H3. The van der Waals surface area contributed by atoms with Gasteiger partial charge in [-0.1, -0.05) is 6.92 Å². The van der Waals surface area contributed by atoms with E-state index in [0.29, 0.717) is 24.5 Å². The topological polar surface area (TPSA) is 33.5 Å². The van der Waals surface area contributed by atoms with Crippen LogP contribution in [0.5, 0.6) is 0 Å². The van der Waals surface area contributed by atoms with Crippen LogP contribution in [0.3, 0.4) is 0 Å². The second kappa shape index (κ2) is 6.03. The summed E-state index contributed by atoms with van der Waals surface area (Å²) in [6.07, 6.45) is 2.29. The molecule has 5 heteroatoms. The number of rotatable bonds is 5.